The van der Waals surface area contributed by atoms with Crippen LogP contribution in [0.5, 0.6) is 0 Å². The van der Waals surface area contributed by atoms with E-state index < -0.39 is 22.9 Å². The monoisotopic (exact) mass is 916 g/mol. The molecule has 284 valence electrons. The summed E-state index contributed by atoms with van der Waals surface area (Å²) in [5.74, 6) is 0.860. The Hall–Kier alpha value is -3.59. The SMILES string of the molecule is C1CC[SiH2]C1.CCC[CH2][Hf][C](CCC)(C1C(CC)=C(c2cccc3ccccc23)c2ccccc21)C1C(CC)=C(c2cccc3ccccc23)c2ccccc21. The Morgan fingerprint density at radius 2 is 0.964 bits per heavy atom. The summed E-state index contributed by atoms with van der Waals surface area (Å²) in [7, 11) is 0.543. The summed E-state index contributed by atoms with van der Waals surface area (Å²) in [6.07, 6.45) is 10.4. The molecule has 2 unspecified atom stereocenters. The fraction of sp³-hybridized carbons (Fsp3) is 0.333. The van der Waals surface area contributed by atoms with Gasteiger partial charge >= 0.3 is 319 Å². The Morgan fingerprint density at radius 3 is 1.41 bits per heavy atom. The molecule has 2 heteroatoms. The van der Waals surface area contributed by atoms with Gasteiger partial charge in [0.2, 0.25) is 0 Å². The molecule has 0 radical (unpaired) electrons. The molecule has 0 N–H and O–H groups in total. The Balaban J connectivity index is 0.000000819. The van der Waals surface area contributed by atoms with Crippen molar-refractivity contribution in [1.29, 1.82) is 0 Å². The van der Waals surface area contributed by atoms with E-state index in [4.69, 9.17) is 0 Å². The van der Waals surface area contributed by atoms with Crippen LogP contribution < -0.4 is 0 Å². The zero-order valence-electron chi connectivity index (χ0n) is 34.3. The maximum absolute atomic E-state index is 2.53. The molecular formula is C54H60HfSi. The first kappa shape index (κ1) is 39.2. The predicted molar refractivity (Wildman–Crippen MR) is 244 cm³/mol. The second-order valence-corrected chi connectivity index (χ2v) is 25.0. The van der Waals surface area contributed by atoms with Gasteiger partial charge in [-0.05, 0) is 0 Å². The summed E-state index contributed by atoms with van der Waals surface area (Å²) in [6.45, 7) is 9.78. The first-order valence-corrected chi connectivity index (χ1v) is 28.4. The van der Waals surface area contributed by atoms with Crippen LogP contribution in [-0.2, 0) is 22.9 Å². The second kappa shape index (κ2) is 17.9. The normalized spacial score (nSPS) is 18.5. The van der Waals surface area contributed by atoms with Crippen LogP contribution in [0.4, 0.5) is 0 Å². The van der Waals surface area contributed by atoms with Crippen molar-refractivity contribution in [2.24, 2.45) is 0 Å². The molecule has 1 heterocycles. The number of hydrogen-bond acceptors (Lipinski definition) is 0. The van der Waals surface area contributed by atoms with E-state index in [9.17, 15) is 0 Å². The van der Waals surface area contributed by atoms with E-state index in [2.05, 4.69) is 161 Å². The summed E-state index contributed by atoms with van der Waals surface area (Å²) in [4.78, 5) is 0. The van der Waals surface area contributed by atoms with Gasteiger partial charge in [-0.1, -0.05) is 24.9 Å². The number of unbranched alkanes of at least 4 members (excludes halogenated alkanes) is 1. The van der Waals surface area contributed by atoms with E-state index in [-0.39, 0.29) is 3.17 Å². The van der Waals surface area contributed by atoms with Gasteiger partial charge in [0.05, 0.1) is 0 Å². The van der Waals surface area contributed by atoms with Crippen LogP contribution in [-0.4, -0.2) is 9.52 Å². The van der Waals surface area contributed by atoms with Gasteiger partial charge in [0.15, 0.2) is 0 Å². The van der Waals surface area contributed by atoms with Crippen molar-refractivity contribution < 1.29 is 22.9 Å². The van der Waals surface area contributed by atoms with E-state index in [1.165, 1.54) is 84.8 Å². The molecule has 3 aliphatic rings. The minimum absolute atomic E-state index is 0.228. The Labute approximate surface area is 351 Å². The molecule has 0 aromatic heterocycles. The van der Waals surface area contributed by atoms with Crippen molar-refractivity contribution in [1.82, 2.24) is 0 Å². The van der Waals surface area contributed by atoms with Gasteiger partial charge in [-0.15, -0.1) is 0 Å². The van der Waals surface area contributed by atoms with Crippen LogP contribution in [0.15, 0.2) is 145 Å². The molecule has 2 aliphatic carbocycles. The van der Waals surface area contributed by atoms with Crippen molar-refractivity contribution in [3.8, 4) is 0 Å². The predicted octanol–water partition coefficient (Wildman–Crippen LogP) is 15.4. The zero-order valence-corrected chi connectivity index (χ0v) is 39.3. The number of allylic oxidation sites excluding steroid dienone is 2. The molecule has 6 aromatic rings. The molecule has 6 aromatic carbocycles. The Morgan fingerprint density at radius 1 is 0.518 bits per heavy atom. The molecule has 2 atom stereocenters. The van der Waals surface area contributed by atoms with E-state index in [1.54, 1.807) is 47.2 Å². The molecule has 0 saturated carbocycles. The van der Waals surface area contributed by atoms with E-state index in [0.717, 1.165) is 12.8 Å². The van der Waals surface area contributed by atoms with Crippen LogP contribution in [0.1, 0.15) is 124 Å². The zero-order chi connectivity index (χ0) is 38.5. The van der Waals surface area contributed by atoms with Gasteiger partial charge in [0.25, 0.3) is 0 Å². The van der Waals surface area contributed by atoms with E-state index in [0.29, 0.717) is 21.4 Å². The van der Waals surface area contributed by atoms with Crippen LogP contribution in [0.3, 0.4) is 0 Å². The number of fused-ring (bicyclic) bond motifs is 4. The maximum atomic E-state index is 2.53. The van der Waals surface area contributed by atoms with Gasteiger partial charge in [-0.3, -0.25) is 0 Å². The molecular weight excluding hydrogens is 855 g/mol. The van der Waals surface area contributed by atoms with Gasteiger partial charge in [-0.2, -0.15) is 0 Å². The third kappa shape index (κ3) is 7.13. The van der Waals surface area contributed by atoms with Crippen molar-refractivity contribution in [3.05, 3.63) is 178 Å². The molecule has 0 nitrogen and oxygen atoms in total. The van der Waals surface area contributed by atoms with E-state index in [1.807, 2.05) is 0 Å². The van der Waals surface area contributed by atoms with Crippen LogP contribution in [0.2, 0.25) is 19.4 Å². The third-order valence-corrected chi connectivity index (χ3v) is 22.7. The molecule has 0 bridgehead atoms. The molecule has 0 spiro atoms. The second-order valence-electron chi connectivity index (χ2n) is 16.4. The summed E-state index contributed by atoms with van der Waals surface area (Å²) in [5.41, 5.74) is 15.4. The molecule has 56 heavy (non-hydrogen) atoms. The van der Waals surface area contributed by atoms with Gasteiger partial charge in [-0.25, -0.2) is 0 Å². The van der Waals surface area contributed by atoms with Gasteiger partial charge in [0, 0.05) is 9.52 Å². The van der Waals surface area contributed by atoms with Crippen molar-refractivity contribution in [2.75, 3.05) is 0 Å². The molecule has 0 amide bonds. The standard InChI is InChI=1S/C46H41.C4H10Si.C4H9.Hf/c1-4-17-42(45-32(5-2)43(38-24-11-13-26-40(38)45)36-28-15-20-30-18-7-9-22-34(30)36)46-33(6-3)44(39-25-12-14-27-41(39)46)37-29-16-21-31-19-8-10-23-35(31)37;1-2-4-5-3-1;1-3-4-2;/h7-16,18-29,45-46H,4-6,17H2,1-3H3;1-5H2;1,3-4H2,2H3;. The van der Waals surface area contributed by atoms with Crippen LogP contribution in [0.25, 0.3) is 32.7 Å². The fourth-order valence-electron chi connectivity index (χ4n) is 11.0. The quantitative estimate of drug-likeness (QED) is 0.0848. The third-order valence-electron chi connectivity index (χ3n) is 13.2. The van der Waals surface area contributed by atoms with Crippen molar-refractivity contribution in [3.63, 3.8) is 0 Å². The minimum atomic E-state index is -1.30. The number of rotatable bonds is 12. The summed E-state index contributed by atoms with van der Waals surface area (Å²) in [5, 5.41) is 5.43. The fourth-order valence-corrected chi connectivity index (χ4v) is 21.7. The van der Waals surface area contributed by atoms with Crippen LogP contribution >= 0.6 is 0 Å². The van der Waals surface area contributed by atoms with Crippen molar-refractivity contribution in [2.45, 2.75) is 110 Å². The number of benzene rings is 6. The Bertz CT molecular complexity index is 2200. The van der Waals surface area contributed by atoms with E-state index >= 15 is 0 Å². The first-order chi connectivity index (χ1) is 27.7. The first-order valence-electron chi connectivity index (χ1n) is 22.0. The van der Waals surface area contributed by atoms with Crippen LogP contribution in [0, 0.1) is 0 Å². The Kier molecular flexibility index (Phi) is 12.5. The molecule has 9 rings (SSSR count). The average molecular weight is 916 g/mol. The van der Waals surface area contributed by atoms with Gasteiger partial charge in [0.1, 0.15) is 0 Å². The topological polar surface area (TPSA) is 0 Å². The average Bonchev–Trinajstić information content (AvgIpc) is 4.02. The summed E-state index contributed by atoms with van der Waals surface area (Å²) < 4.78 is 1.68. The molecule has 1 aliphatic heterocycles. The van der Waals surface area contributed by atoms with Gasteiger partial charge < -0.3 is 0 Å². The van der Waals surface area contributed by atoms with Crippen molar-refractivity contribution >= 4 is 42.2 Å². The molecule has 1 fully saturated rings. The summed E-state index contributed by atoms with van der Waals surface area (Å²) >= 11 is -1.30. The molecule has 1 saturated heterocycles. The number of hydrogen-bond donors (Lipinski definition) is 0. The summed E-state index contributed by atoms with van der Waals surface area (Å²) in [6, 6.07) is 54.6.